The molecular weight excluding hydrogens is 300 g/mol. The van der Waals surface area contributed by atoms with Crippen LogP contribution in [0, 0.1) is 13.8 Å². The maximum Gasteiger partial charge on any atom is 0.143 e. The molecule has 0 saturated heterocycles. The van der Waals surface area contributed by atoms with Gasteiger partial charge in [-0.25, -0.2) is 4.98 Å². The third-order valence-electron chi connectivity index (χ3n) is 4.25. The van der Waals surface area contributed by atoms with Gasteiger partial charge in [0.15, 0.2) is 0 Å². The molecule has 5 nitrogen and oxygen atoms in total. The van der Waals surface area contributed by atoms with Crippen molar-refractivity contribution in [3.63, 3.8) is 0 Å². The topological polar surface area (TPSA) is 69.9 Å². The van der Waals surface area contributed by atoms with E-state index in [-0.39, 0.29) is 0 Å². The zero-order valence-corrected chi connectivity index (χ0v) is 13.7. The molecule has 0 aliphatic heterocycles. The molecule has 5 heteroatoms. The van der Waals surface area contributed by atoms with Crippen molar-refractivity contribution in [2.75, 3.05) is 5.73 Å². The van der Waals surface area contributed by atoms with Gasteiger partial charge in [0.25, 0.3) is 0 Å². The number of pyridine rings is 1. The predicted molar refractivity (Wildman–Crippen MR) is 94.7 cm³/mol. The molecule has 0 bridgehead atoms. The van der Waals surface area contributed by atoms with Crippen LogP contribution in [0.3, 0.4) is 0 Å². The fraction of sp³-hybridized carbons (Fsp3) is 0.158. The highest BCUT2D eigenvalue weighted by atomic mass is 16.5. The Labute approximate surface area is 139 Å². The first-order chi connectivity index (χ1) is 11.6. The van der Waals surface area contributed by atoms with E-state index in [1.165, 1.54) is 5.56 Å². The van der Waals surface area contributed by atoms with E-state index >= 15 is 0 Å². The molecule has 0 amide bonds. The van der Waals surface area contributed by atoms with Crippen LogP contribution >= 0.6 is 0 Å². The quantitative estimate of drug-likeness (QED) is 0.621. The van der Waals surface area contributed by atoms with E-state index in [0.29, 0.717) is 5.69 Å². The Balaban J connectivity index is 1.86. The molecule has 24 heavy (non-hydrogen) atoms. The fourth-order valence-electron chi connectivity index (χ4n) is 3.07. The number of hydrogen-bond donors (Lipinski definition) is 1. The molecule has 4 rings (SSSR count). The van der Waals surface area contributed by atoms with Gasteiger partial charge in [0.05, 0.1) is 17.0 Å². The average molecular weight is 318 g/mol. The van der Waals surface area contributed by atoms with Gasteiger partial charge in [0.2, 0.25) is 0 Å². The molecule has 0 atom stereocenters. The van der Waals surface area contributed by atoms with Crippen molar-refractivity contribution in [1.82, 2.24) is 14.7 Å². The molecule has 120 valence electrons. The summed E-state index contributed by atoms with van der Waals surface area (Å²) in [5.74, 6) is 0.750. The number of benzene rings is 1. The van der Waals surface area contributed by atoms with Gasteiger partial charge in [-0.3, -0.25) is 0 Å². The van der Waals surface area contributed by atoms with Gasteiger partial charge in [-0.15, -0.1) is 0 Å². The van der Waals surface area contributed by atoms with Crippen molar-refractivity contribution in [2.45, 2.75) is 20.4 Å². The lowest BCUT2D eigenvalue weighted by atomic mass is 10.1. The van der Waals surface area contributed by atoms with Gasteiger partial charge >= 0.3 is 0 Å². The zero-order valence-electron chi connectivity index (χ0n) is 13.7. The highest BCUT2D eigenvalue weighted by Crippen LogP contribution is 2.31. The second-order valence-corrected chi connectivity index (χ2v) is 5.96. The van der Waals surface area contributed by atoms with E-state index in [4.69, 9.17) is 15.2 Å². The summed E-state index contributed by atoms with van der Waals surface area (Å²) in [5.41, 5.74) is 11.6. The number of aromatic nitrogens is 3. The largest absolute Gasteiger partial charge is 0.398 e. The maximum atomic E-state index is 6.27. The molecule has 2 N–H and O–H groups in total. The zero-order chi connectivity index (χ0) is 16.7. The molecule has 0 spiro atoms. The van der Waals surface area contributed by atoms with Crippen LogP contribution in [0.1, 0.15) is 17.0 Å². The highest BCUT2D eigenvalue weighted by molar-refractivity contribution is 5.91. The summed E-state index contributed by atoms with van der Waals surface area (Å²) in [5, 5.41) is 4.98. The summed E-state index contributed by atoms with van der Waals surface area (Å²) in [6, 6.07) is 14.2. The Hall–Kier alpha value is -3.08. The van der Waals surface area contributed by atoms with Crippen LogP contribution in [0.4, 0.5) is 5.69 Å². The van der Waals surface area contributed by atoms with E-state index < -0.39 is 0 Å². The van der Waals surface area contributed by atoms with Crippen molar-refractivity contribution >= 4 is 16.7 Å². The van der Waals surface area contributed by atoms with Gasteiger partial charge < -0.3 is 14.8 Å². The summed E-state index contributed by atoms with van der Waals surface area (Å²) in [6.45, 7) is 4.55. The van der Waals surface area contributed by atoms with Gasteiger partial charge in [0, 0.05) is 23.8 Å². The summed E-state index contributed by atoms with van der Waals surface area (Å²) in [4.78, 5) is 4.84. The number of hydrogen-bond acceptors (Lipinski definition) is 4. The second kappa shape index (κ2) is 5.53. The molecule has 0 radical (unpaired) electrons. The number of nitrogens with two attached hydrogens (primary N) is 1. The standard InChI is InChI=1S/C19H18N4O/c1-12-18(13(2)24-22-12)17-10-16(20)15-8-9-23(19(15)21-17)11-14-6-4-3-5-7-14/h3-10H,11H2,1-2H3,(H2,20,21). The van der Waals surface area contributed by atoms with Crippen LogP contribution in [0.5, 0.6) is 0 Å². The first-order valence-electron chi connectivity index (χ1n) is 7.86. The minimum absolute atomic E-state index is 0.710. The van der Waals surface area contributed by atoms with Crippen molar-refractivity contribution in [3.05, 3.63) is 65.7 Å². The van der Waals surface area contributed by atoms with Gasteiger partial charge in [-0.1, -0.05) is 35.5 Å². The van der Waals surface area contributed by atoms with E-state index in [9.17, 15) is 0 Å². The van der Waals surface area contributed by atoms with Gasteiger partial charge in [-0.05, 0) is 31.5 Å². The normalized spacial score (nSPS) is 11.2. The SMILES string of the molecule is Cc1noc(C)c1-c1cc(N)c2ccn(Cc3ccccc3)c2n1. The number of aryl methyl sites for hydroxylation is 2. The molecule has 0 aliphatic rings. The Kier molecular flexibility index (Phi) is 3.34. The molecule has 3 aromatic heterocycles. The van der Waals surface area contributed by atoms with Crippen molar-refractivity contribution in [1.29, 1.82) is 0 Å². The molecule has 0 unspecified atom stereocenters. The Morgan fingerprint density at radius 1 is 1.12 bits per heavy atom. The lowest BCUT2D eigenvalue weighted by molar-refractivity contribution is 0.393. The minimum atomic E-state index is 0.710. The molecule has 0 fully saturated rings. The van der Waals surface area contributed by atoms with Crippen molar-refractivity contribution < 1.29 is 4.52 Å². The monoisotopic (exact) mass is 318 g/mol. The number of anilines is 1. The third kappa shape index (κ3) is 2.34. The lowest BCUT2D eigenvalue weighted by Gasteiger charge is -2.08. The summed E-state index contributed by atoms with van der Waals surface area (Å²) < 4.78 is 7.39. The Morgan fingerprint density at radius 3 is 2.62 bits per heavy atom. The number of nitrogen functional groups attached to an aromatic ring is 1. The molecule has 1 aromatic carbocycles. The molecular formula is C19H18N4O. The smallest absolute Gasteiger partial charge is 0.143 e. The first kappa shape index (κ1) is 14.5. The fourth-order valence-corrected chi connectivity index (χ4v) is 3.07. The first-order valence-corrected chi connectivity index (χ1v) is 7.86. The van der Waals surface area contributed by atoms with Crippen LogP contribution in [0.2, 0.25) is 0 Å². The summed E-state index contributed by atoms with van der Waals surface area (Å²) >= 11 is 0. The lowest BCUT2D eigenvalue weighted by Crippen LogP contribution is -2.01. The Morgan fingerprint density at radius 2 is 1.92 bits per heavy atom. The van der Waals surface area contributed by atoms with E-state index in [2.05, 4.69) is 21.9 Å². The molecule has 3 heterocycles. The maximum absolute atomic E-state index is 6.27. The summed E-state index contributed by atoms with van der Waals surface area (Å²) in [7, 11) is 0. The van der Waals surface area contributed by atoms with Crippen molar-refractivity contribution in [2.24, 2.45) is 0 Å². The van der Waals surface area contributed by atoms with E-state index in [0.717, 1.165) is 40.3 Å². The molecule has 4 aromatic rings. The van der Waals surface area contributed by atoms with Crippen LogP contribution in [0.25, 0.3) is 22.3 Å². The van der Waals surface area contributed by atoms with Crippen LogP contribution < -0.4 is 5.73 Å². The highest BCUT2D eigenvalue weighted by Gasteiger charge is 2.16. The minimum Gasteiger partial charge on any atom is -0.398 e. The summed E-state index contributed by atoms with van der Waals surface area (Å²) in [6.07, 6.45) is 2.03. The van der Waals surface area contributed by atoms with Crippen LogP contribution in [0.15, 0.2) is 53.2 Å². The second-order valence-electron chi connectivity index (χ2n) is 5.96. The van der Waals surface area contributed by atoms with E-state index in [1.807, 2.05) is 50.4 Å². The number of rotatable bonds is 3. The van der Waals surface area contributed by atoms with Crippen LogP contribution in [-0.2, 0) is 6.54 Å². The third-order valence-corrected chi connectivity index (χ3v) is 4.25. The van der Waals surface area contributed by atoms with Crippen LogP contribution in [-0.4, -0.2) is 14.7 Å². The van der Waals surface area contributed by atoms with Gasteiger partial charge in [0.1, 0.15) is 11.4 Å². The average Bonchev–Trinajstić information content (AvgIpc) is 3.12. The van der Waals surface area contributed by atoms with E-state index in [1.54, 1.807) is 0 Å². The number of nitrogens with zero attached hydrogens (tertiary/aromatic N) is 3. The molecule has 0 aliphatic carbocycles. The number of fused-ring (bicyclic) bond motifs is 1. The predicted octanol–water partition coefficient (Wildman–Crippen LogP) is 3.94. The molecule has 0 saturated carbocycles. The Bertz CT molecular complexity index is 995. The van der Waals surface area contributed by atoms with Gasteiger partial charge in [-0.2, -0.15) is 0 Å². The van der Waals surface area contributed by atoms with Crippen molar-refractivity contribution in [3.8, 4) is 11.3 Å².